The molecule has 2 heteroatoms. The molecule has 1 heterocycles. The minimum atomic E-state index is 0.312. The van der Waals surface area contributed by atoms with E-state index in [0.29, 0.717) is 11.8 Å². The number of thiophene rings is 1. The molecule has 1 fully saturated rings. The second-order valence-electron chi connectivity index (χ2n) is 3.05. The Hall–Kier alpha value is -0.810. The van der Waals surface area contributed by atoms with Crippen molar-refractivity contribution in [3.8, 4) is 6.07 Å². The highest BCUT2D eigenvalue weighted by Gasteiger charge is 2.39. The number of hydrogen-bond acceptors (Lipinski definition) is 2. The Morgan fingerprint density at radius 2 is 2.55 bits per heavy atom. The Morgan fingerprint density at radius 3 is 3.00 bits per heavy atom. The number of nitrogens with zero attached hydrogens (tertiary/aromatic N) is 1. The summed E-state index contributed by atoms with van der Waals surface area (Å²) >= 11 is 1.79. The summed E-state index contributed by atoms with van der Waals surface area (Å²) in [5.41, 5.74) is 1.36. The largest absolute Gasteiger partial charge is 0.198 e. The van der Waals surface area contributed by atoms with Gasteiger partial charge in [-0.3, -0.25) is 0 Å². The van der Waals surface area contributed by atoms with Crippen molar-refractivity contribution in [3.05, 3.63) is 21.9 Å². The normalized spacial score (nSPS) is 28.0. The van der Waals surface area contributed by atoms with Crippen LogP contribution < -0.4 is 0 Å². The van der Waals surface area contributed by atoms with Crippen LogP contribution in [-0.4, -0.2) is 0 Å². The standard InChI is InChI=1S/C9H9NS/c1-6-2-3-11-9(6)8-4-7(8)5-10/h2-3,7-8H,4H2,1H3. The summed E-state index contributed by atoms with van der Waals surface area (Å²) in [5, 5.41) is 10.7. The van der Waals surface area contributed by atoms with Gasteiger partial charge in [0, 0.05) is 10.8 Å². The van der Waals surface area contributed by atoms with Crippen LogP contribution >= 0.6 is 11.3 Å². The lowest BCUT2D eigenvalue weighted by Gasteiger charge is -1.92. The van der Waals surface area contributed by atoms with Crippen molar-refractivity contribution in [1.29, 1.82) is 5.26 Å². The van der Waals surface area contributed by atoms with Crippen molar-refractivity contribution in [2.24, 2.45) is 5.92 Å². The fraction of sp³-hybridized carbons (Fsp3) is 0.444. The molecule has 0 N–H and O–H groups in total. The van der Waals surface area contributed by atoms with Gasteiger partial charge in [0.05, 0.1) is 12.0 Å². The summed E-state index contributed by atoms with van der Waals surface area (Å²) in [5.74, 6) is 0.882. The molecular weight excluding hydrogens is 154 g/mol. The zero-order valence-electron chi connectivity index (χ0n) is 6.37. The summed E-state index contributed by atoms with van der Waals surface area (Å²) in [6.07, 6.45) is 1.08. The molecule has 0 amide bonds. The van der Waals surface area contributed by atoms with Crippen molar-refractivity contribution in [1.82, 2.24) is 0 Å². The maximum Gasteiger partial charge on any atom is 0.0662 e. The van der Waals surface area contributed by atoms with Gasteiger partial charge in [-0.15, -0.1) is 11.3 Å². The zero-order chi connectivity index (χ0) is 7.84. The molecule has 0 spiro atoms. The molecule has 0 saturated heterocycles. The first kappa shape index (κ1) is 6.87. The van der Waals surface area contributed by atoms with E-state index in [1.54, 1.807) is 11.3 Å². The van der Waals surface area contributed by atoms with Gasteiger partial charge in [0.25, 0.3) is 0 Å². The SMILES string of the molecule is Cc1ccsc1C1CC1C#N. The van der Waals surface area contributed by atoms with E-state index in [2.05, 4.69) is 24.4 Å². The van der Waals surface area contributed by atoms with Gasteiger partial charge < -0.3 is 0 Å². The van der Waals surface area contributed by atoms with Crippen LogP contribution in [0.1, 0.15) is 22.8 Å². The van der Waals surface area contributed by atoms with Gasteiger partial charge in [-0.05, 0) is 30.4 Å². The van der Waals surface area contributed by atoms with Crippen molar-refractivity contribution in [2.45, 2.75) is 19.3 Å². The lowest BCUT2D eigenvalue weighted by Crippen LogP contribution is -1.78. The molecule has 56 valence electrons. The van der Waals surface area contributed by atoms with Crippen LogP contribution in [0.3, 0.4) is 0 Å². The molecule has 2 atom stereocenters. The Morgan fingerprint density at radius 1 is 1.73 bits per heavy atom. The quantitative estimate of drug-likeness (QED) is 0.624. The Bertz CT molecular complexity index is 308. The molecule has 0 bridgehead atoms. The maximum absolute atomic E-state index is 8.62. The monoisotopic (exact) mass is 163 g/mol. The van der Waals surface area contributed by atoms with Crippen molar-refractivity contribution < 1.29 is 0 Å². The van der Waals surface area contributed by atoms with Gasteiger partial charge in [-0.1, -0.05) is 0 Å². The van der Waals surface area contributed by atoms with E-state index in [1.807, 2.05) is 0 Å². The molecule has 0 radical (unpaired) electrons. The van der Waals surface area contributed by atoms with Crippen molar-refractivity contribution >= 4 is 11.3 Å². The summed E-state index contributed by atoms with van der Waals surface area (Å²) in [6.45, 7) is 2.12. The van der Waals surface area contributed by atoms with Crippen LogP contribution in [0.2, 0.25) is 0 Å². The first-order valence-electron chi connectivity index (χ1n) is 3.76. The third-order valence-corrected chi connectivity index (χ3v) is 3.35. The molecule has 1 aromatic rings. The van der Waals surface area contributed by atoms with Gasteiger partial charge in [0.2, 0.25) is 0 Å². The van der Waals surface area contributed by atoms with E-state index < -0.39 is 0 Å². The lowest BCUT2D eigenvalue weighted by atomic mass is 10.2. The van der Waals surface area contributed by atoms with E-state index in [9.17, 15) is 0 Å². The molecule has 2 rings (SSSR count). The van der Waals surface area contributed by atoms with E-state index in [-0.39, 0.29) is 0 Å². The molecule has 1 saturated carbocycles. The molecular formula is C9H9NS. The minimum Gasteiger partial charge on any atom is -0.198 e. The summed E-state index contributed by atoms with van der Waals surface area (Å²) in [6, 6.07) is 4.44. The first-order chi connectivity index (χ1) is 5.33. The highest BCUT2D eigenvalue weighted by Crippen LogP contribution is 2.49. The van der Waals surface area contributed by atoms with Gasteiger partial charge in [0.1, 0.15) is 0 Å². The maximum atomic E-state index is 8.62. The van der Waals surface area contributed by atoms with Crippen LogP contribution in [0.25, 0.3) is 0 Å². The predicted molar refractivity (Wildman–Crippen MR) is 45.5 cm³/mol. The molecule has 0 aliphatic heterocycles. The molecule has 11 heavy (non-hydrogen) atoms. The number of hydrogen-bond donors (Lipinski definition) is 0. The fourth-order valence-electron chi connectivity index (χ4n) is 1.39. The van der Waals surface area contributed by atoms with E-state index in [0.717, 1.165) is 6.42 Å². The Balaban J connectivity index is 2.21. The van der Waals surface area contributed by atoms with Crippen LogP contribution in [-0.2, 0) is 0 Å². The fourth-order valence-corrected chi connectivity index (χ4v) is 2.50. The van der Waals surface area contributed by atoms with Gasteiger partial charge >= 0.3 is 0 Å². The van der Waals surface area contributed by atoms with Gasteiger partial charge in [-0.2, -0.15) is 5.26 Å². The number of rotatable bonds is 1. The smallest absolute Gasteiger partial charge is 0.0662 e. The molecule has 1 aromatic heterocycles. The molecule has 0 aromatic carbocycles. The topological polar surface area (TPSA) is 23.8 Å². The summed E-state index contributed by atoms with van der Waals surface area (Å²) < 4.78 is 0. The average Bonchev–Trinajstić information content (AvgIpc) is 2.68. The summed E-state index contributed by atoms with van der Waals surface area (Å²) in [7, 11) is 0. The third-order valence-electron chi connectivity index (χ3n) is 2.19. The zero-order valence-corrected chi connectivity index (χ0v) is 7.19. The molecule has 1 aliphatic carbocycles. The Labute approximate surface area is 70.3 Å². The van der Waals surface area contributed by atoms with Crippen molar-refractivity contribution in [3.63, 3.8) is 0 Å². The average molecular weight is 163 g/mol. The molecule has 1 nitrogen and oxygen atoms in total. The second kappa shape index (κ2) is 2.35. The number of nitriles is 1. The van der Waals surface area contributed by atoms with Crippen LogP contribution in [0.15, 0.2) is 11.4 Å². The lowest BCUT2D eigenvalue weighted by molar-refractivity contribution is 1.03. The predicted octanol–water partition coefficient (Wildman–Crippen LogP) is 2.68. The third kappa shape index (κ3) is 1.06. The van der Waals surface area contributed by atoms with E-state index in [1.165, 1.54) is 10.4 Å². The van der Waals surface area contributed by atoms with Crippen LogP contribution in [0.4, 0.5) is 0 Å². The van der Waals surface area contributed by atoms with Crippen LogP contribution in [0, 0.1) is 24.2 Å². The number of aryl methyl sites for hydroxylation is 1. The second-order valence-corrected chi connectivity index (χ2v) is 3.99. The van der Waals surface area contributed by atoms with Gasteiger partial charge in [0.15, 0.2) is 0 Å². The van der Waals surface area contributed by atoms with E-state index in [4.69, 9.17) is 5.26 Å². The van der Waals surface area contributed by atoms with Crippen molar-refractivity contribution in [2.75, 3.05) is 0 Å². The Kier molecular flexibility index (Phi) is 1.47. The highest BCUT2D eigenvalue weighted by atomic mass is 32.1. The molecule has 2 unspecified atom stereocenters. The van der Waals surface area contributed by atoms with Crippen LogP contribution in [0.5, 0.6) is 0 Å². The minimum absolute atomic E-state index is 0.312. The first-order valence-corrected chi connectivity index (χ1v) is 4.64. The molecule has 1 aliphatic rings. The van der Waals surface area contributed by atoms with Gasteiger partial charge in [-0.25, -0.2) is 0 Å². The highest BCUT2D eigenvalue weighted by molar-refractivity contribution is 7.10. The van der Waals surface area contributed by atoms with E-state index >= 15 is 0 Å². The summed E-state index contributed by atoms with van der Waals surface area (Å²) in [4.78, 5) is 1.43.